The lowest BCUT2D eigenvalue weighted by Crippen LogP contribution is -2.49. The molecule has 1 heterocycles. The van der Waals surface area contributed by atoms with Crippen LogP contribution < -0.4 is 0 Å². The Morgan fingerprint density at radius 1 is 1.38 bits per heavy atom. The van der Waals surface area contributed by atoms with E-state index in [-0.39, 0.29) is 0 Å². The zero-order chi connectivity index (χ0) is 12.3. The Balaban J connectivity index is 2.64. The summed E-state index contributed by atoms with van der Waals surface area (Å²) >= 11 is 0. The number of hydrogen-bond donors (Lipinski definition) is 0. The fourth-order valence-corrected chi connectivity index (χ4v) is 1.77. The quantitative estimate of drug-likeness (QED) is 0.699. The summed E-state index contributed by atoms with van der Waals surface area (Å²) < 4.78 is 30.5. The van der Waals surface area contributed by atoms with Crippen LogP contribution in [0.1, 0.15) is 40.0 Å². The summed E-state index contributed by atoms with van der Waals surface area (Å²) in [6, 6.07) is -0.983. The summed E-state index contributed by atoms with van der Waals surface area (Å²) in [4.78, 5) is 12.9. The topological polar surface area (TPSA) is 29.5 Å². The fourth-order valence-electron chi connectivity index (χ4n) is 1.77. The molecule has 1 amide bonds. The van der Waals surface area contributed by atoms with Crippen LogP contribution in [0.25, 0.3) is 0 Å². The van der Waals surface area contributed by atoms with Crippen LogP contribution in [-0.2, 0) is 4.74 Å². The third-order valence-corrected chi connectivity index (χ3v) is 2.47. The number of hydrogen-bond acceptors (Lipinski definition) is 2. The van der Waals surface area contributed by atoms with E-state index in [2.05, 4.69) is 0 Å². The molecule has 0 aliphatic carbocycles. The highest BCUT2D eigenvalue weighted by molar-refractivity contribution is 5.68. The normalized spacial score (nSPS) is 22.4. The van der Waals surface area contributed by atoms with Crippen LogP contribution in [-0.4, -0.2) is 35.6 Å². The number of ether oxygens (including phenoxy) is 1. The van der Waals surface area contributed by atoms with Crippen LogP contribution in [0.3, 0.4) is 0 Å². The average molecular weight is 235 g/mol. The molecule has 0 aromatic carbocycles. The summed E-state index contributed by atoms with van der Waals surface area (Å²) in [5.41, 5.74) is -0.638. The Labute approximate surface area is 94.7 Å². The van der Waals surface area contributed by atoms with Gasteiger partial charge >= 0.3 is 6.09 Å². The van der Waals surface area contributed by atoms with E-state index < -0.39 is 24.2 Å². The first-order chi connectivity index (χ1) is 7.31. The van der Waals surface area contributed by atoms with Gasteiger partial charge in [-0.2, -0.15) is 0 Å². The molecule has 0 aromatic rings. The zero-order valence-corrected chi connectivity index (χ0v) is 10.0. The first-order valence-electron chi connectivity index (χ1n) is 5.59. The molecule has 0 saturated carbocycles. The summed E-state index contributed by atoms with van der Waals surface area (Å²) in [5, 5.41) is 0. The molecule has 0 aromatic heterocycles. The Morgan fingerprint density at radius 3 is 2.50 bits per heavy atom. The molecule has 0 bridgehead atoms. The van der Waals surface area contributed by atoms with E-state index in [0.717, 1.165) is 12.8 Å². The maximum atomic E-state index is 12.7. The monoisotopic (exact) mass is 235 g/mol. The maximum absolute atomic E-state index is 12.7. The molecule has 1 aliphatic heterocycles. The number of alkyl halides is 2. The number of amides is 1. The van der Waals surface area contributed by atoms with Gasteiger partial charge in [-0.3, -0.25) is 4.90 Å². The average Bonchev–Trinajstić information content (AvgIpc) is 2.15. The lowest BCUT2D eigenvalue weighted by Gasteiger charge is -2.36. The molecule has 16 heavy (non-hydrogen) atoms. The predicted octanol–water partition coefficient (Wildman–Crippen LogP) is 3.04. The first kappa shape index (κ1) is 13.2. The highest BCUT2D eigenvalue weighted by Crippen LogP contribution is 2.24. The van der Waals surface area contributed by atoms with Crippen molar-refractivity contribution in [2.75, 3.05) is 6.54 Å². The third-order valence-electron chi connectivity index (χ3n) is 2.47. The Morgan fingerprint density at radius 2 is 2.00 bits per heavy atom. The predicted molar refractivity (Wildman–Crippen MR) is 56.6 cm³/mol. The lowest BCUT2D eigenvalue weighted by molar-refractivity contribution is -0.0260. The number of halogens is 2. The smallest absolute Gasteiger partial charge is 0.410 e. The van der Waals surface area contributed by atoms with E-state index in [1.807, 2.05) is 0 Å². The molecule has 0 spiro atoms. The van der Waals surface area contributed by atoms with Crippen LogP contribution in [0.15, 0.2) is 0 Å². The van der Waals surface area contributed by atoms with Crippen molar-refractivity contribution < 1.29 is 18.3 Å². The number of likely N-dealkylation sites (tertiary alicyclic amines) is 1. The van der Waals surface area contributed by atoms with Crippen LogP contribution in [0, 0.1) is 0 Å². The van der Waals surface area contributed by atoms with E-state index in [1.54, 1.807) is 20.8 Å². The molecule has 5 heteroatoms. The van der Waals surface area contributed by atoms with Gasteiger partial charge in [-0.15, -0.1) is 0 Å². The fraction of sp³-hybridized carbons (Fsp3) is 0.909. The molecular weight excluding hydrogens is 216 g/mol. The van der Waals surface area contributed by atoms with E-state index in [0.29, 0.717) is 13.0 Å². The van der Waals surface area contributed by atoms with Gasteiger partial charge in [-0.25, -0.2) is 13.6 Å². The van der Waals surface area contributed by atoms with Crippen molar-refractivity contribution in [3.63, 3.8) is 0 Å². The number of piperidine rings is 1. The summed E-state index contributed by atoms with van der Waals surface area (Å²) in [6.45, 7) is 5.55. The first-order valence-corrected chi connectivity index (χ1v) is 5.59. The van der Waals surface area contributed by atoms with Gasteiger partial charge in [0.15, 0.2) is 0 Å². The molecule has 0 radical (unpaired) electrons. The van der Waals surface area contributed by atoms with Crippen LogP contribution in [0.2, 0.25) is 0 Å². The van der Waals surface area contributed by atoms with Crippen molar-refractivity contribution >= 4 is 6.09 Å². The lowest BCUT2D eigenvalue weighted by atomic mass is 10.0. The van der Waals surface area contributed by atoms with Gasteiger partial charge < -0.3 is 4.74 Å². The van der Waals surface area contributed by atoms with Crippen molar-refractivity contribution in [3.8, 4) is 0 Å². The van der Waals surface area contributed by atoms with E-state index >= 15 is 0 Å². The largest absolute Gasteiger partial charge is 0.444 e. The summed E-state index contributed by atoms with van der Waals surface area (Å²) in [5.74, 6) is 0. The van der Waals surface area contributed by atoms with E-state index in [4.69, 9.17) is 4.74 Å². The molecule has 94 valence electrons. The number of nitrogens with zero attached hydrogens (tertiary/aromatic N) is 1. The Kier molecular flexibility index (Phi) is 4.10. The summed E-state index contributed by atoms with van der Waals surface area (Å²) in [7, 11) is 0. The van der Waals surface area contributed by atoms with Crippen molar-refractivity contribution in [1.82, 2.24) is 4.90 Å². The molecule has 1 rings (SSSR count). The van der Waals surface area contributed by atoms with Crippen molar-refractivity contribution in [3.05, 3.63) is 0 Å². The molecule has 1 aliphatic rings. The Bertz CT molecular complexity index is 251. The van der Waals surface area contributed by atoms with Gasteiger partial charge in [0.2, 0.25) is 0 Å². The van der Waals surface area contributed by atoms with E-state index in [9.17, 15) is 13.6 Å². The molecule has 1 unspecified atom stereocenters. The van der Waals surface area contributed by atoms with E-state index in [1.165, 1.54) is 4.90 Å². The van der Waals surface area contributed by atoms with Gasteiger partial charge in [0.25, 0.3) is 6.43 Å². The van der Waals surface area contributed by atoms with Gasteiger partial charge in [-0.1, -0.05) is 0 Å². The van der Waals surface area contributed by atoms with Crippen LogP contribution in [0.4, 0.5) is 13.6 Å². The maximum Gasteiger partial charge on any atom is 0.410 e. The van der Waals surface area contributed by atoms with Gasteiger partial charge in [0.05, 0.1) is 6.04 Å². The molecule has 1 saturated heterocycles. The highest BCUT2D eigenvalue weighted by Gasteiger charge is 2.35. The molecule has 1 fully saturated rings. The number of rotatable bonds is 1. The Hall–Kier alpha value is -0.870. The molecule has 0 N–H and O–H groups in total. The minimum Gasteiger partial charge on any atom is -0.444 e. The second-order valence-electron chi connectivity index (χ2n) is 5.07. The molecule has 3 nitrogen and oxygen atoms in total. The van der Waals surface area contributed by atoms with Gasteiger partial charge in [0, 0.05) is 6.54 Å². The van der Waals surface area contributed by atoms with Crippen molar-refractivity contribution in [2.45, 2.75) is 58.1 Å². The minimum absolute atomic E-state index is 0.358. The summed E-state index contributed by atoms with van der Waals surface area (Å²) in [6.07, 6.45) is -1.25. The van der Waals surface area contributed by atoms with Gasteiger partial charge in [0.1, 0.15) is 5.60 Å². The third kappa shape index (κ3) is 3.61. The van der Waals surface area contributed by atoms with Crippen molar-refractivity contribution in [2.24, 2.45) is 0 Å². The second-order valence-corrected chi connectivity index (χ2v) is 5.07. The van der Waals surface area contributed by atoms with Gasteiger partial charge in [-0.05, 0) is 40.0 Å². The standard InChI is InChI=1S/C11H19F2NO2/c1-11(2,3)16-10(15)14-7-5-4-6-8(14)9(12)13/h8-9H,4-7H2,1-3H3. The van der Waals surface area contributed by atoms with Crippen LogP contribution in [0.5, 0.6) is 0 Å². The zero-order valence-electron chi connectivity index (χ0n) is 10.0. The number of carbonyl (C=O) groups excluding carboxylic acids is 1. The minimum atomic E-state index is -2.49. The number of carbonyl (C=O) groups is 1. The SMILES string of the molecule is CC(C)(C)OC(=O)N1CCCCC1C(F)F. The highest BCUT2D eigenvalue weighted by atomic mass is 19.3. The van der Waals surface area contributed by atoms with Crippen LogP contribution >= 0.6 is 0 Å². The second kappa shape index (κ2) is 4.97. The van der Waals surface area contributed by atoms with Crippen molar-refractivity contribution in [1.29, 1.82) is 0 Å². The molecule has 1 atom stereocenters. The molecular formula is C11H19F2NO2.